The lowest BCUT2D eigenvalue weighted by Gasteiger charge is -2.30. The van der Waals surface area contributed by atoms with Gasteiger partial charge in [0.2, 0.25) is 0 Å². The van der Waals surface area contributed by atoms with E-state index in [0.29, 0.717) is 24.2 Å². The number of likely N-dealkylation sites (tertiary alicyclic amines) is 1. The number of carbonyl (C=O) groups excluding carboxylic acids is 1. The van der Waals surface area contributed by atoms with Gasteiger partial charge in [-0.05, 0) is 54.7 Å². The largest absolute Gasteiger partial charge is 0.384 e. The highest BCUT2D eigenvalue weighted by Crippen LogP contribution is 2.26. The Labute approximate surface area is 185 Å². The van der Waals surface area contributed by atoms with Gasteiger partial charge >= 0.3 is 0 Å². The van der Waals surface area contributed by atoms with Crippen LogP contribution in [0.1, 0.15) is 31.4 Å². The predicted octanol–water partition coefficient (Wildman–Crippen LogP) is 5.33. The molecule has 0 bridgehead atoms. The molecule has 4 nitrogen and oxygen atoms in total. The van der Waals surface area contributed by atoms with Crippen molar-refractivity contribution in [2.24, 2.45) is 5.73 Å². The highest BCUT2D eigenvalue weighted by Gasteiger charge is 2.26. The Morgan fingerprint density at radius 1 is 1.23 bits per heavy atom. The van der Waals surface area contributed by atoms with E-state index in [1.807, 2.05) is 73.4 Å². The fourth-order valence-corrected chi connectivity index (χ4v) is 3.45. The first-order valence-electron chi connectivity index (χ1n) is 10.3. The maximum absolute atomic E-state index is 13.2. The fraction of sp³-hybridized carbons (Fsp3) is 0.185. The molecule has 2 rings (SSSR count). The Kier molecular flexibility index (Phi) is 8.77. The molecule has 160 valence electrons. The number of hydrogen-bond donors (Lipinski definition) is 2. The number of rotatable bonds is 8. The van der Waals surface area contributed by atoms with Gasteiger partial charge < -0.3 is 10.6 Å². The maximum atomic E-state index is 13.2. The first kappa shape index (κ1) is 23.6. The van der Waals surface area contributed by atoms with Gasteiger partial charge in [-0.15, -0.1) is 0 Å². The van der Waals surface area contributed by atoms with Crippen LogP contribution in [0.15, 0.2) is 103 Å². The molecule has 4 heteroatoms. The summed E-state index contributed by atoms with van der Waals surface area (Å²) < 4.78 is 0. The summed E-state index contributed by atoms with van der Waals surface area (Å²) in [7, 11) is 0. The van der Waals surface area contributed by atoms with Crippen LogP contribution in [-0.2, 0) is 4.79 Å². The van der Waals surface area contributed by atoms with Crippen molar-refractivity contribution in [3.8, 4) is 0 Å². The van der Waals surface area contributed by atoms with Gasteiger partial charge in [0.25, 0.3) is 5.91 Å². The van der Waals surface area contributed by atoms with Gasteiger partial charge in [-0.25, -0.2) is 0 Å². The third kappa shape index (κ3) is 6.41. The number of nitrogens with zero attached hydrogens (tertiary/aromatic N) is 1. The molecule has 1 aromatic carbocycles. The molecule has 31 heavy (non-hydrogen) atoms. The standard InChI is InChI=1S/C27H31N3O/c1-5-8-14-25-22(11-7-3)15-16-30(27(25)31)19-21(10-6-2)17-20(4)23-12-9-13-24(18-23)26(28)29/h5-14,17-18H,2-3,15-16,19H2,1,4H3,(H3,28,29)/b8-5-,20-17+,21-10+,22-11-,25-14+. The second-order valence-electron chi connectivity index (χ2n) is 7.31. The molecule has 1 aliphatic rings. The number of nitrogens with two attached hydrogens (primary N) is 1. The molecule has 0 saturated carbocycles. The van der Waals surface area contributed by atoms with E-state index in [4.69, 9.17) is 11.1 Å². The van der Waals surface area contributed by atoms with Crippen LogP contribution in [0.25, 0.3) is 5.57 Å². The first-order chi connectivity index (χ1) is 14.9. The summed E-state index contributed by atoms with van der Waals surface area (Å²) in [5.41, 5.74) is 11.0. The van der Waals surface area contributed by atoms with Crippen LogP contribution in [-0.4, -0.2) is 29.7 Å². The second-order valence-corrected chi connectivity index (χ2v) is 7.31. The Morgan fingerprint density at radius 2 is 1.97 bits per heavy atom. The van der Waals surface area contributed by atoms with Gasteiger partial charge in [0.15, 0.2) is 0 Å². The average molecular weight is 414 g/mol. The van der Waals surface area contributed by atoms with Crippen LogP contribution >= 0.6 is 0 Å². The Hall–Kier alpha value is -3.66. The minimum absolute atomic E-state index is 0.0112. The van der Waals surface area contributed by atoms with E-state index in [2.05, 4.69) is 19.2 Å². The Morgan fingerprint density at radius 3 is 2.61 bits per heavy atom. The normalized spacial score (nSPS) is 18.1. The molecule has 0 unspecified atom stereocenters. The molecular weight excluding hydrogens is 382 g/mol. The quantitative estimate of drug-likeness (QED) is 0.262. The number of amidine groups is 1. The van der Waals surface area contributed by atoms with Crippen molar-refractivity contribution < 1.29 is 4.79 Å². The molecule has 1 aliphatic heterocycles. The van der Waals surface area contributed by atoms with Gasteiger partial charge in [-0.1, -0.05) is 73.9 Å². The molecule has 3 N–H and O–H groups in total. The first-order valence-corrected chi connectivity index (χ1v) is 10.3. The second kappa shape index (κ2) is 11.5. The lowest BCUT2D eigenvalue weighted by molar-refractivity contribution is -0.127. The number of nitrogen functional groups attached to an aromatic ring is 1. The molecule has 0 atom stereocenters. The highest BCUT2D eigenvalue weighted by molar-refractivity contribution is 5.99. The number of benzene rings is 1. The van der Waals surface area contributed by atoms with Gasteiger partial charge in [-0.2, -0.15) is 0 Å². The number of hydrogen-bond acceptors (Lipinski definition) is 2. The number of allylic oxidation sites excluding steroid dienone is 8. The third-order valence-electron chi connectivity index (χ3n) is 5.03. The summed E-state index contributed by atoms with van der Waals surface area (Å²) in [6.45, 7) is 12.7. The summed E-state index contributed by atoms with van der Waals surface area (Å²) in [4.78, 5) is 15.0. The zero-order chi connectivity index (χ0) is 22.8. The molecule has 1 saturated heterocycles. The van der Waals surface area contributed by atoms with Crippen molar-refractivity contribution in [2.75, 3.05) is 13.1 Å². The molecule has 1 aromatic rings. The zero-order valence-electron chi connectivity index (χ0n) is 18.4. The van der Waals surface area contributed by atoms with E-state index in [0.717, 1.165) is 28.7 Å². The number of nitrogens with one attached hydrogen (secondary N) is 1. The van der Waals surface area contributed by atoms with Crippen molar-refractivity contribution >= 4 is 17.3 Å². The van der Waals surface area contributed by atoms with E-state index in [-0.39, 0.29) is 11.7 Å². The van der Waals surface area contributed by atoms with Crippen molar-refractivity contribution in [1.82, 2.24) is 4.90 Å². The van der Waals surface area contributed by atoms with E-state index in [1.165, 1.54) is 0 Å². The van der Waals surface area contributed by atoms with Crippen LogP contribution in [0.3, 0.4) is 0 Å². The van der Waals surface area contributed by atoms with Crippen LogP contribution < -0.4 is 5.73 Å². The highest BCUT2D eigenvalue weighted by atomic mass is 16.2. The number of carbonyl (C=O) groups is 1. The molecule has 0 radical (unpaired) electrons. The van der Waals surface area contributed by atoms with Crippen LogP contribution in [0.5, 0.6) is 0 Å². The summed E-state index contributed by atoms with van der Waals surface area (Å²) in [5, 5.41) is 7.65. The molecular formula is C27H31N3O. The van der Waals surface area contributed by atoms with Crippen LogP contribution in [0.4, 0.5) is 0 Å². The van der Waals surface area contributed by atoms with Gasteiger partial charge in [0.05, 0.1) is 0 Å². The minimum atomic E-state index is 0.0112. The van der Waals surface area contributed by atoms with E-state index in [1.54, 1.807) is 12.2 Å². The molecule has 1 amide bonds. The monoisotopic (exact) mass is 413 g/mol. The summed E-state index contributed by atoms with van der Waals surface area (Å²) in [6, 6.07) is 7.59. The average Bonchev–Trinajstić information content (AvgIpc) is 2.75. The van der Waals surface area contributed by atoms with E-state index >= 15 is 0 Å². The van der Waals surface area contributed by atoms with Crippen LogP contribution in [0.2, 0.25) is 0 Å². The minimum Gasteiger partial charge on any atom is -0.384 e. The maximum Gasteiger partial charge on any atom is 0.254 e. The lowest BCUT2D eigenvalue weighted by Crippen LogP contribution is -2.39. The van der Waals surface area contributed by atoms with Crippen molar-refractivity contribution in [3.05, 3.63) is 114 Å². The van der Waals surface area contributed by atoms with Gasteiger partial charge in [0.1, 0.15) is 5.84 Å². The Balaban J connectivity index is 2.31. The lowest BCUT2D eigenvalue weighted by atomic mass is 9.95. The molecule has 0 aromatic heterocycles. The summed E-state index contributed by atoms with van der Waals surface area (Å²) in [6.07, 6.45) is 15.8. The fourth-order valence-electron chi connectivity index (χ4n) is 3.45. The SMILES string of the molecule is C=C/C=C1/CCN(CC(=C/C=C)/C=C(\C)c2cccc(C(=N)N)c2)C(=O)/C1=C/C=C\C. The predicted molar refractivity (Wildman–Crippen MR) is 132 cm³/mol. The Bertz CT molecular complexity index is 1020. The van der Waals surface area contributed by atoms with Gasteiger partial charge in [0, 0.05) is 24.2 Å². The molecule has 0 spiro atoms. The van der Waals surface area contributed by atoms with Crippen LogP contribution in [0, 0.1) is 5.41 Å². The van der Waals surface area contributed by atoms with Crippen molar-refractivity contribution in [3.63, 3.8) is 0 Å². The van der Waals surface area contributed by atoms with Crippen molar-refractivity contribution in [1.29, 1.82) is 5.41 Å². The van der Waals surface area contributed by atoms with E-state index in [9.17, 15) is 4.79 Å². The third-order valence-corrected chi connectivity index (χ3v) is 5.03. The molecule has 1 fully saturated rings. The number of piperidine rings is 1. The van der Waals surface area contributed by atoms with E-state index < -0.39 is 0 Å². The summed E-state index contributed by atoms with van der Waals surface area (Å²) >= 11 is 0. The smallest absolute Gasteiger partial charge is 0.254 e. The topological polar surface area (TPSA) is 70.2 Å². The van der Waals surface area contributed by atoms with Crippen molar-refractivity contribution in [2.45, 2.75) is 20.3 Å². The molecule has 1 heterocycles. The number of amides is 1. The molecule has 0 aliphatic carbocycles. The van der Waals surface area contributed by atoms with Gasteiger partial charge in [-0.3, -0.25) is 10.2 Å². The zero-order valence-corrected chi connectivity index (χ0v) is 18.4. The summed E-state index contributed by atoms with van der Waals surface area (Å²) in [5.74, 6) is 0.0521.